The summed E-state index contributed by atoms with van der Waals surface area (Å²) in [6, 6.07) is 5.23. The summed E-state index contributed by atoms with van der Waals surface area (Å²) in [5.41, 5.74) is 0.698. The second-order valence-corrected chi connectivity index (χ2v) is 4.90. The van der Waals surface area contributed by atoms with Gasteiger partial charge in [-0.1, -0.05) is 18.0 Å². The van der Waals surface area contributed by atoms with Crippen LogP contribution in [-0.2, 0) is 4.79 Å². The van der Waals surface area contributed by atoms with Gasteiger partial charge in [0.2, 0.25) is 0 Å². The molecule has 2 rings (SSSR count). The van der Waals surface area contributed by atoms with E-state index >= 15 is 0 Å². The van der Waals surface area contributed by atoms with E-state index in [2.05, 4.69) is 0 Å². The maximum absolute atomic E-state index is 10.5. The topological polar surface area (TPSA) is 46.5 Å². The molecule has 1 aliphatic carbocycles. The Hall–Kier alpha value is -1.48. The Bertz CT molecular complexity index is 464. The predicted octanol–water partition coefficient (Wildman–Crippen LogP) is 3.62. The first-order valence-corrected chi connectivity index (χ1v) is 6.36. The van der Waals surface area contributed by atoms with Gasteiger partial charge in [0.25, 0.3) is 0 Å². The van der Waals surface area contributed by atoms with Crippen molar-refractivity contribution in [2.45, 2.75) is 19.3 Å². The van der Waals surface area contributed by atoms with E-state index in [1.807, 2.05) is 0 Å². The lowest BCUT2D eigenvalue weighted by molar-refractivity contribution is -0.131. The third-order valence-electron chi connectivity index (χ3n) is 3.08. The highest BCUT2D eigenvalue weighted by Crippen LogP contribution is 2.29. The average Bonchev–Trinajstić information content (AvgIpc) is 2.26. The van der Waals surface area contributed by atoms with Gasteiger partial charge in [-0.3, -0.25) is 0 Å². The van der Waals surface area contributed by atoms with Gasteiger partial charge >= 0.3 is 5.97 Å². The number of hydrogen-bond acceptors (Lipinski definition) is 2. The Balaban J connectivity index is 2.08. The first-order valence-electron chi connectivity index (χ1n) is 5.98. The Morgan fingerprint density at radius 1 is 1.50 bits per heavy atom. The Kier molecular flexibility index (Phi) is 4.26. The number of rotatable bonds is 5. The second-order valence-electron chi connectivity index (χ2n) is 4.46. The van der Waals surface area contributed by atoms with Crippen LogP contribution in [0.4, 0.5) is 0 Å². The van der Waals surface area contributed by atoms with Crippen LogP contribution in [0.5, 0.6) is 5.75 Å². The molecule has 0 amide bonds. The molecule has 1 aliphatic rings. The molecule has 3 nitrogen and oxygen atoms in total. The van der Waals surface area contributed by atoms with Gasteiger partial charge in [0.15, 0.2) is 0 Å². The van der Waals surface area contributed by atoms with Gasteiger partial charge in [-0.25, -0.2) is 4.79 Å². The molecule has 1 fully saturated rings. The SMILES string of the molecule is O=C(O)C=Cc1cc(Cl)ccc1OCC1CCC1. The van der Waals surface area contributed by atoms with Crippen molar-refractivity contribution in [1.82, 2.24) is 0 Å². The molecule has 4 heteroatoms. The zero-order valence-corrected chi connectivity index (χ0v) is 10.7. The molecule has 1 N–H and O–H groups in total. The van der Waals surface area contributed by atoms with Crippen molar-refractivity contribution in [3.63, 3.8) is 0 Å². The molecule has 0 radical (unpaired) electrons. The molecule has 1 aromatic carbocycles. The average molecular weight is 267 g/mol. The second kappa shape index (κ2) is 5.91. The maximum atomic E-state index is 10.5. The van der Waals surface area contributed by atoms with Gasteiger partial charge in [0, 0.05) is 16.7 Å². The summed E-state index contributed by atoms with van der Waals surface area (Å²) >= 11 is 5.90. The number of ether oxygens (including phenoxy) is 1. The van der Waals surface area contributed by atoms with Gasteiger partial charge in [0.1, 0.15) is 5.75 Å². The molecule has 0 heterocycles. The van der Waals surface area contributed by atoms with E-state index in [1.165, 1.54) is 25.3 Å². The number of hydrogen-bond donors (Lipinski definition) is 1. The van der Waals surface area contributed by atoms with Crippen LogP contribution >= 0.6 is 11.6 Å². The van der Waals surface area contributed by atoms with Crippen LogP contribution in [0.25, 0.3) is 6.08 Å². The lowest BCUT2D eigenvalue weighted by Crippen LogP contribution is -2.19. The van der Waals surface area contributed by atoms with Gasteiger partial charge < -0.3 is 9.84 Å². The van der Waals surface area contributed by atoms with Crippen molar-refractivity contribution in [3.05, 3.63) is 34.9 Å². The summed E-state index contributed by atoms with van der Waals surface area (Å²) in [6.07, 6.45) is 6.30. The number of carboxylic acid groups (broad SMARTS) is 1. The van der Waals surface area contributed by atoms with Gasteiger partial charge in [-0.15, -0.1) is 0 Å². The highest BCUT2D eigenvalue weighted by molar-refractivity contribution is 6.30. The minimum atomic E-state index is -0.986. The minimum Gasteiger partial charge on any atom is -0.493 e. The van der Waals surface area contributed by atoms with Crippen molar-refractivity contribution in [1.29, 1.82) is 0 Å². The number of halogens is 1. The molecular weight excluding hydrogens is 252 g/mol. The molecule has 0 bridgehead atoms. The normalized spacial score (nSPS) is 15.6. The predicted molar refractivity (Wildman–Crippen MR) is 71.0 cm³/mol. The monoisotopic (exact) mass is 266 g/mol. The fourth-order valence-corrected chi connectivity index (χ4v) is 1.99. The van der Waals surface area contributed by atoms with Crippen LogP contribution < -0.4 is 4.74 Å². The largest absolute Gasteiger partial charge is 0.493 e. The highest BCUT2D eigenvalue weighted by atomic mass is 35.5. The number of benzene rings is 1. The van der Waals surface area contributed by atoms with Crippen LogP contribution in [0.2, 0.25) is 5.02 Å². The molecular formula is C14H15ClO3. The third-order valence-corrected chi connectivity index (χ3v) is 3.31. The molecule has 0 aromatic heterocycles. The molecule has 0 saturated heterocycles. The van der Waals surface area contributed by atoms with Crippen molar-refractivity contribution in [2.24, 2.45) is 5.92 Å². The molecule has 96 valence electrons. The van der Waals surface area contributed by atoms with Crippen molar-refractivity contribution in [3.8, 4) is 5.75 Å². The first kappa shape index (κ1) is 13.0. The molecule has 1 saturated carbocycles. The molecule has 0 unspecified atom stereocenters. The van der Waals surface area contributed by atoms with Gasteiger partial charge in [-0.05, 0) is 43.0 Å². The number of carboxylic acids is 1. The van der Waals surface area contributed by atoms with E-state index in [0.29, 0.717) is 28.9 Å². The number of aliphatic carboxylic acids is 1. The fraction of sp³-hybridized carbons (Fsp3) is 0.357. The summed E-state index contributed by atoms with van der Waals surface area (Å²) in [5.74, 6) is 0.334. The first-order chi connectivity index (χ1) is 8.65. The van der Waals surface area contributed by atoms with Gasteiger partial charge in [-0.2, -0.15) is 0 Å². The van der Waals surface area contributed by atoms with Crippen LogP contribution in [0.15, 0.2) is 24.3 Å². The minimum absolute atomic E-state index is 0.566. The molecule has 0 spiro atoms. The maximum Gasteiger partial charge on any atom is 0.328 e. The third kappa shape index (κ3) is 3.50. The smallest absolute Gasteiger partial charge is 0.328 e. The molecule has 18 heavy (non-hydrogen) atoms. The Morgan fingerprint density at radius 3 is 2.89 bits per heavy atom. The van der Waals surface area contributed by atoms with Crippen LogP contribution in [-0.4, -0.2) is 17.7 Å². The van der Waals surface area contributed by atoms with E-state index in [-0.39, 0.29) is 0 Å². The zero-order valence-electron chi connectivity index (χ0n) is 9.93. The Morgan fingerprint density at radius 2 is 2.28 bits per heavy atom. The van der Waals surface area contributed by atoms with E-state index < -0.39 is 5.97 Å². The van der Waals surface area contributed by atoms with E-state index in [9.17, 15) is 4.79 Å². The molecule has 0 aliphatic heterocycles. The molecule has 1 aromatic rings. The fourth-order valence-electron chi connectivity index (χ4n) is 1.81. The lowest BCUT2D eigenvalue weighted by Gasteiger charge is -2.25. The number of carbonyl (C=O) groups is 1. The van der Waals surface area contributed by atoms with E-state index in [4.69, 9.17) is 21.4 Å². The molecule has 0 atom stereocenters. The van der Waals surface area contributed by atoms with Crippen molar-refractivity contribution < 1.29 is 14.6 Å². The lowest BCUT2D eigenvalue weighted by atomic mass is 9.86. The van der Waals surface area contributed by atoms with Crippen LogP contribution in [0, 0.1) is 5.92 Å². The van der Waals surface area contributed by atoms with Crippen molar-refractivity contribution in [2.75, 3.05) is 6.61 Å². The highest BCUT2D eigenvalue weighted by Gasteiger charge is 2.18. The van der Waals surface area contributed by atoms with Crippen LogP contribution in [0.3, 0.4) is 0 Å². The summed E-state index contributed by atoms with van der Waals surface area (Å²) < 4.78 is 5.73. The van der Waals surface area contributed by atoms with Crippen LogP contribution in [0.1, 0.15) is 24.8 Å². The summed E-state index contributed by atoms with van der Waals surface area (Å²) in [7, 11) is 0. The summed E-state index contributed by atoms with van der Waals surface area (Å²) in [6.45, 7) is 0.690. The summed E-state index contributed by atoms with van der Waals surface area (Å²) in [4.78, 5) is 10.5. The zero-order chi connectivity index (χ0) is 13.0. The van der Waals surface area contributed by atoms with Crippen molar-refractivity contribution >= 4 is 23.6 Å². The van der Waals surface area contributed by atoms with E-state index in [1.54, 1.807) is 18.2 Å². The Labute approximate surface area is 111 Å². The standard InChI is InChI=1S/C14H15ClO3/c15-12-5-6-13(18-9-10-2-1-3-10)11(8-12)4-7-14(16)17/h4-8,10H,1-3,9H2,(H,16,17). The summed E-state index contributed by atoms with van der Waals surface area (Å²) in [5, 5.41) is 9.21. The quantitative estimate of drug-likeness (QED) is 0.828. The van der Waals surface area contributed by atoms with E-state index in [0.717, 1.165) is 6.08 Å². The van der Waals surface area contributed by atoms with Gasteiger partial charge in [0.05, 0.1) is 6.61 Å².